The van der Waals surface area contributed by atoms with Crippen LogP contribution in [0, 0.1) is 17.2 Å². The van der Waals surface area contributed by atoms with Crippen LogP contribution in [0.4, 0.5) is 0 Å². The molecule has 0 atom stereocenters. The van der Waals surface area contributed by atoms with Gasteiger partial charge in [-0.25, -0.2) is 0 Å². The molecule has 5 heteroatoms. The normalized spacial score (nSPS) is 19.9. The first-order valence-corrected chi connectivity index (χ1v) is 8.49. The Labute approximate surface area is 129 Å². The molecule has 4 nitrogen and oxygen atoms in total. The van der Waals surface area contributed by atoms with Gasteiger partial charge in [-0.05, 0) is 17.7 Å². The smallest absolute Gasteiger partial charge is 0.228 e. The fourth-order valence-electron chi connectivity index (χ4n) is 2.89. The molecule has 110 valence electrons. The summed E-state index contributed by atoms with van der Waals surface area (Å²) in [5, 5.41) is 8.91. The number of hydrogen-bond donors (Lipinski definition) is 0. The van der Waals surface area contributed by atoms with Crippen LogP contribution < -0.4 is 0 Å². The summed E-state index contributed by atoms with van der Waals surface area (Å²) in [6.07, 6.45) is 0. The molecule has 1 aromatic rings. The minimum absolute atomic E-state index is 0.173. The van der Waals surface area contributed by atoms with E-state index < -0.39 is 0 Å². The molecule has 1 aromatic carbocycles. The average molecular weight is 301 g/mol. The van der Waals surface area contributed by atoms with Gasteiger partial charge in [-0.3, -0.25) is 9.69 Å². The van der Waals surface area contributed by atoms with E-state index in [1.165, 1.54) is 0 Å². The number of amides is 1. The molecule has 2 aliphatic heterocycles. The molecule has 0 aliphatic carbocycles. The lowest BCUT2D eigenvalue weighted by Gasteiger charge is -2.41. The lowest BCUT2D eigenvalue weighted by atomic mass is 9.97. The molecule has 3 rings (SSSR count). The molecule has 2 aliphatic rings. The van der Waals surface area contributed by atoms with Crippen molar-refractivity contribution in [1.29, 1.82) is 5.26 Å². The number of nitrogens with zero attached hydrogens (tertiary/aromatic N) is 3. The monoisotopic (exact) mass is 301 g/mol. The maximum absolute atomic E-state index is 12.3. The van der Waals surface area contributed by atoms with Crippen molar-refractivity contribution in [3.05, 3.63) is 35.4 Å². The summed E-state index contributed by atoms with van der Waals surface area (Å²) >= 11 is 1.93. The standard InChI is InChI=1S/C16H19N3OS/c17-9-13-2-1-3-14(8-13)10-18-11-15(12-18)16(20)19-4-6-21-7-5-19/h1-3,8,15H,4-7,10-12H2. The Hall–Kier alpha value is -1.51. The van der Waals surface area contributed by atoms with Gasteiger partial charge in [0.15, 0.2) is 0 Å². The van der Waals surface area contributed by atoms with Crippen LogP contribution in [0.2, 0.25) is 0 Å². The molecule has 0 radical (unpaired) electrons. The first-order chi connectivity index (χ1) is 10.3. The van der Waals surface area contributed by atoms with Crippen molar-refractivity contribution < 1.29 is 4.79 Å². The third-order valence-corrected chi connectivity index (χ3v) is 5.03. The second kappa shape index (κ2) is 6.50. The molecule has 0 unspecified atom stereocenters. The summed E-state index contributed by atoms with van der Waals surface area (Å²) in [6, 6.07) is 9.87. The van der Waals surface area contributed by atoms with E-state index in [0.717, 1.165) is 49.8 Å². The summed E-state index contributed by atoms with van der Waals surface area (Å²) in [4.78, 5) is 16.6. The van der Waals surface area contributed by atoms with Gasteiger partial charge in [-0.1, -0.05) is 12.1 Å². The summed E-state index contributed by atoms with van der Waals surface area (Å²) in [5.41, 5.74) is 1.85. The predicted molar refractivity (Wildman–Crippen MR) is 83.8 cm³/mol. The van der Waals surface area contributed by atoms with E-state index in [4.69, 9.17) is 5.26 Å². The Morgan fingerprint density at radius 1 is 1.33 bits per heavy atom. The van der Waals surface area contributed by atoms with Crippen molar-refractivity contribution in [1.82, 2.24) is 9.80 Å². The van der Waals surface area contributed by atoms with Gasteiger partial charge in [0.25, 0.3) is 0 Å². The molecule has 2 fully saturated rings. The number of carbonyl (C=O) groups excluding carboxylic acids is 1. The van der Waals surface area contributed by atoms with Crippen LogP contribution in [0.25, 0.3) is 0 Å². The second-order valence-corrected chi connectivity index (χ2v) is 6.87. The maximum Gasteiger partial charge on any atom is 0.228 e. The van der Waals surface area contributed by atoms with Crippen molar-refractivity contribution in [2.45, 2.75) is 6.54 Å². The van der Waals surface area contributed by atoms with E-state index in [0.29, 0.717) is 11.5 Å². The first kappa shape index (κ1) is 14.4. The number of thioether (sulfide) groups is 1. The van der Waals surface area contributed by atoms with Gasteiger partial charge in [-0.15, -0.1) is 0 Å². The molecular weight excluding hydrogens is 282 g/mol. The largest absolute Gasteiger partial charge is 0.341 e. The number of likely N-dealkylation sites (tertiary alicyclic amines) is 1. The number of rotatable bonds is 3. The maximum atomic E-state index is 12.3. The molecule has 0 bridgehead atoms. The van der Waals surface area contributed by atoms with Crippen LogP contribution in [0.3, 0.4) is 0 Å². The van der Waals surface area contributed by atoms with Gasteiger partial charge in [0.1, 0.15) is 0 Å². The van der Waals surface area contributed by atoms with Crippen molar-refractivity contribution in [3.63, 3.8) is 0 Å². The van der Waals surface area contributed by atoms with Crippen LogP contribution in [-0.4, -0.2) is 53.4 Å². The van der Waals surface area contributed by atoms with Crippen LogP contribution in [-0.2, 0) is 11.3 Å². The molecule has 2 saturated heterocycles. The Kier molecular flexibility index (Phi) is 4.47. The molecule has 0 saturated carbocycles. The zero-order chi connectivity index (χ0) is 14.7. The van der Waals surface area contributed by atoms with E-state index in [-0.39, 0.29) is 5.92 Å². The number of hydrogen-bond acceptors (Lipinski definition) is 4. The van der Waals surface area contributed by atoms with E-state index in [1.807, 2.05) is 40.9 Å². The van der Waals surface area contributed by atoms with Crippen LogP contribution in [0.5, 0.6) is 0 Å². The Morgan fingerprint density at radius 2 is 2.10 bits per heavy atom. The summed E-state index contributed by atoms with van der Waals surface area (Å²) in [5.74, 6) is 2.65. The second-order valence-electron chi connectivity index (χ2n) is 5.64. The lowest BCUT2D eigenvalue weighted by Crippen LogP contribution is -2.55. The zero-order valence-electron chi connectivity index (χ0n) is 12.0. The van der Waals surface area contributed by atoms with E-state index in [9.17, 15) is 4.79 Å². The zero-order valence-corrected chi connectivity index (χ0v) is 12.8. The Balaban J connectivity index is 1.49. The SMILES string of the molecule is N#Cc1cccc(CN2CC(C(=O)N3CCSCC3)C2)c1. The quantitative estimate of drug-likeness (QED) is 0.850. The lowest BCUT2D eigenvalue weighted by molar-refractivity contribution is -0.141. The van der Waals surface area contributed by atoms with Gasteiger partial charge in [0.05, 0.1) is 17.6 Å². The molecule has 21 heavy (non-hydrogen) atoms. The number of nitriles is 1. The number of carbonyl (C=O) groups is 1. The third kappa shape index (κ3) is 3.39. The highest BCUT2D eigenvalue weighted by Crippen LogP contribution is 2.22. The molecule has 0 N–H and O–H groups in total. The Bertz CT molecular complexity index is 557. The molecule has 0 aromatic heterocycles. The highest BCUT2D eigenvalue weighted by atomic mass is 32.2. The van der Waals surface area contributed by atoms with Gasteiger partial charge in [0.2, 0.25) is 5.91 Å². The van der Waals surface area contributed by atoms with Crippen molar-refractivity contribution in [3.8, 4) is 6.07 Å². The van der Waals surface area contributed by atoms with Gasteiger partial charge in [0, 0.05) is 44.2 Å². The van der Waals surface area contributed by atoms with Crippen molar-refractivity contribution in [2.24, 2.45) is 5.92 Å². The highest BCUT2D eigenvalue weighted by Gasteiger charge is 2.35. The summed E-state index contributed by atoms with van der Waals surface area (Å²) < 4.78 is 0. The van der Waals surface area contributed by atoms with E-state index in [2.05, 4.69) is 11.0 Å². The van der Waals surface area contributed by atoms with Gasteiger partial charge < -0.3 is 4.90 Å². The topological polar surface area (TPSA) is 47.3 Å². The fraction of sp³-hybridized carbons (Fsp3) is 0.500. The van der Waals surface area contributed by atoms with E-state index >= 15 is 0 Å². The third-order valence-electron chi connectivity index (χ3n) is 4.09. The van der Waals surface area contributed by atoms with Crippen LogP contribution >= 0.6 is 11.8 Å². The van der Waals surface area contributed by atoms with Gasteiger partial charge in [-0.2, -0.15) is 17.0 Å². The van der Waals surface area contributed by atoms with Crippen LogP contribution in [0.1, 0.15) is 11.1 Å². The fourth-order valence-corrected chi connectivity index (χ4v) is 3.80. The summed E-state index contributed by atoms with van der Waals surface area (Å²) in [7, 11) is 0. The van der Waals surface area contributed by atoms with Crippen molar-refractivity contribution in [2.75, 3.05) is 37.7 Å². The highest BCUT2D eigenvalue weighted by molar-refractivity contribution is 7.99. The molecule has 1 amide bonds. The Morgan fingerprint density at radius 3 is 2.81 bits per heavy atom. The minimum Gasteiger partial charge on any atom is -0.341 e. The number of benzene rings is 1. The molecular formula is C16H19N3OS. The van der Waals surface area contributed by atoms with Gasteiger partial charge >= 0.3 is 0 Å². The molecule has 0 spiro atoms. The van der Waals surface area contributed by atoms with Crippen molar-refractivity contribution >= 4 is 17.7 Å². The van der Waals surface area contributed by atoms with Crippen LogP contribution in [0.15, 0.2) is 24.3 Å². The molecule has 2 heterocycles. The minimum atomic E-state index is 0.173. The average Bonchev–Trinajstić information content (AvgIpc) is 2.51. The van der Waals surface area contributed by atoms with E-state index in [1.54, 1.807) is 0 Å². The summed E-state index contributed by atoms with van der Waals surface area (Å²) in [6.45, 7) is 4.34. The predicted octanol–water partition coefficient (Wildman–Crippen LogP) is 1.57. The first-order valence-electron chi connectivity index (χ1n) is 7.34.